The van der Waals surface area contributed by atoms with Gasteiger partial charge in [0.15, 0.2) is 0 Å². The van der Waals surface area contributed by atoms with Gasteiger partial charge in [0.1, 0.15) is 0 Å². The summed E-state index contributed by atoms with van der Waals surface area (Å²) in [5.74, 6) is -0.915. The maximum absolute atomic E-state index is 12.7. The molecule has 0 aliphatic carbocycles. The third-order valence-corrected chi connectivity index (χ3v) is 4.15. The summed E-state index contributed by atoms with van der Waals surface area (Å²) in [4.78, 5) is 25.7. The van der Waals surface area contributed by atoms with Gasteiger partial charge in [0.25, 0.3) is 5.91 Å². The first-order chi connectivity index (χ1) is 10.1. The van der Waals surface area contributed by atoms with E-state index in [1.165, 1.54) is 11.3 Å². The fourth-order valence-electron chi connectivity index (χ4n) is 2.06. The zero-order valence-corrected chi connectivity index (χ0v) is 12.6. The minimum Gasteiger partial charge on any atom is -0.481 e. The number of aryl methyl sites for hydroxylation is 1. The molecule has 21 heavy (non-hydrogen) atoms. The predicted octanol–water partition coefficient (Wildman–Crippen LogP) is 3.57. The van der Waals surface area contributed by atoms with Gasteiger partial charge in [-0.15, -0.1) is 11.3 Å². The van der Waals surface area contributed by atoms with Gasteiger partial charge >= 0.3 is 5.97 Å². The van der Waals surface area contributed by atoms with Crippen LogP contribution in [0.2, 0.25) is 0 Å². The summed E-state index contributed by atoms with van der Waals surface area (Å²) in [6.07, 6.45) is 0.487. The van der Waals surface area contributed by atoms with Gasteiger partial charge in [0.05, 0.1) is 4.88 Å². The lowest BCUT2D eigenvalue weighted by Crippen LogP contribution is -2.32. The van der Waals surface area contributed by atoms with Crippen LogP contribution in [0.5, 0.6) is 0 Å². The van der Waals surface area contributed by atoms with Crippen molar-refractivity contribution in [3.8, 4) is 0 Å². The van der Waals surface area contributed by atoms with Gasteiger partial charge in [-0.1, -0.05) is 18.2 Å². The molecule has 2 aromatic rings. The van der Waals surface area contributed by atoms with Crippen LogP contribution in [0, 0.1) is 6.92 Å². The van der Waals surface area contributed by atoms with Crippen molar-refractivity contribution in [2.45, 2.75) is 19.8 Å². The molecule has 0 saturated carbocycles. The molecule has 0 fully saturated rings. The number of amides is 1. The quantitative estimate of drug-likeness (QED) is 0.887. The van der Waals surface area contributed by atoms with E-state index in [9.17, 15) is 9.59 Å². The molecule has 0 bridgehead atoms. The molecule has 1 aromatic carbocycles. The molecule has 0 radical (unpaired) electrons. The minimum atomic E-state index is -0.845. The Morgan fingerprint density at radius 2 is 1.90 bits per heavy atom. The van der Waals surface area contributed by atoms with E-state index in [-0.39, 0.29) is 12.3 Å². The highest BCUT2D eigenvalue weighted by atomic mass is 32.1. The molecule has 110 valence electrons. The summed E-state index contributed by atoms with van der Waals surface area (Å²) in [6.45, 7) is 2.30. The van der Waals surface area contributed by atoms with Crippen molar-refractivity contribution in [2.24, 2.45) is 0 Å². The van der Waals surface area contributed by atoms with Crippen LogP contribution in [0.3, 0.4) is 0 Å². The second-order valence-corrected chi connectivity index (χ2v) is 5.64. The van der Waals surface area contributed by atoms with Crippen LogP contribution in [0.25, 0.3) is 0 Å². The van der Waals surface area contributed by atoms with Crippen molar-refractivity contribution in [3.05, 3.63) is 52.2 Å². The first kappa shape index (κ1) is 15.3. The topological polar surface area (TPSA) is 57.6 Å². The zero-order valence-electron chi connectivity index (χ0n) is 11.8. The lowest BCUT2D eigenvalue weighted by atomic mass is 10.2. The van der Waals surface area contributed by atoms with Crippen LogP contribution < -0.4 is 4.90 Å². The van der Waals surface area contributed by atoms with Crippen molar-refractivity contribution >= 4 is 28.9 Å². The average Bonchev–Trinajstić information content (AvgIpc) is 2.90. The molecule has 5 heteroatoms. The van der Waals surface area contributed by atoms with Crippen LogP contribution in [0.1, 0.15) is 28.1 Å². The SMILES string of the molecule is Cc1ccsc1C(=O)N(CCCC(=O)O)c1ccccc1. The summed E-state index contributed by atoms with van der Waals surface area (Å²) in [7, 11) is 0. The third kappa shape index (κ3) is 3.92. The summed E-state index contributed by atoms with van der Waals surface area (Å²) >= 11 is 1.41. The van der Waals surface area contributed by atoms with E-state index in [0.717, 1.165) is 11.3 Å². The van der Waals surface area contributed by atoms with Crippen LogP contribution in [0.4, 0.5) is 5.69 Å². The number of hydrogen-bond donors (Lipinski definition) is 1. The predicted molar refractivity (Wildman–Crippen MR) is 84.0 cm³/mol. The van der Waals surface area contributed by atoms with Gasteiger partial charge in [0.2, 0.25) is 0 Å². The zero-order chi connectivity index (χ0) is 15.2. The van der Waals surface area contributed by atoms with E-state index in [4.69, 9.17) is 5.11 Å². The number of nitrogens with zero attached hydrogens (tertiary/aromatic N) is 1. The van der Waals surface area contributed by atoms with E-state index in [2.05, 4.69) is 0 Å². The lowest BCUT2D eigenvalue weighted by Gasteiger charge is -2.22. The number of hydrogen-bond acceptors (Lipinski definition) is 3. The van der Waals surface area contributed by atoms with Crippen molar-refractivity contribution < 1.29 is 14.7 Å². The number of thiophene rings is 1. The molecule has 4 nitrogen and oxygen atoms in total. The van der Waals surface area contributed by atoms with Crippen molar-refractivity contribution in [2.75, 3.05) is 11.4 Å². The Balaban J connectivity index is 2.21. The number of para-hydroxylation sites is 1. The highest BCUT2D eigenvalue weighted by Gasteiger charge is 2.20. The fraction of sp³-hybridized carbons (Fsp3) is 0.250. The van der Waals surface area contributed by atoms with Gasteiger partial charge in [-0.25, -0.2) is 0 Å². The Morgan fingerprint density at radius 1 is 1.19 bits per heavy atom. The second-order valence-electron chi connectivity index (χ2n) is 4.72. The fourth-order valence-corrected chi connectivity index (χ4v) is 2.93. The second kappa shape index (κ2) is 7.04. The number of carbonyl (C=O) groups is 2. The largest absolute Gasteiger partial charge is 0.481 e. The lowest BCUT2D eigenvalue weighted by molar-refractivity contribution is -0.137. The molecule has 1 aromatic heterocycles. The Kier molecular flexibility index (Phi) is 5.11. The number of carboxylic acids is 1. The Hall–Kier alpha value is -2.14. The normalized spacial score (nSPS) is 10.3. The van der Waals surface area contributed by atoms with Crippen molar-refractivity contribution in [3.63, 3.8) is 0 Å². The third-order valence-electron chi connectivity index (χ3n) is 3.14. The van der Waals surface area contributed by atoms with Crippen molar-refractivity contribution in [1.82, 2.24) is 0 Å². The molecule has 1 heterocycles. The molecule has 0 saturated heterocycles. The summed E-state index contributed by atoms with van der Waals surface area (Å²) in [5, 5.41) is 10.7. The summed E-state index contributed by atoms with van der Waals surface area (Å²) in [5.41, 5.74) is 1.74. The van der Waals surface area contributed by atoms with Crippen LogP contribution in [-0.2, 0) is 4.79 Å². The monoisotopic (exact) mass is 303 g/mol. The maximum Gasteiger partial charge on any atom is 0.303 e. The minimum absolute atomic E-state index is 0.0556. The standard InChI is InChI=1S/C16H17NO3S/c1-12-9-11-21-15(12)16(20)17(10-5-8-14(18)19)13-6-3-2-4-7-13/h2-4,6-7,9,11H,5,8,10H2,1H3,(H,18,19). The highest BCUT2D eigenvalue weighted by molar-refractivity contribution is 7.12. The van der Waals surface area contributed by atoms with E-state index in [1.807, 2.05) is 48.7 Å². The van der Waals surface area contributed by atoms with E-state index in [0.29, 0.717) is 17.8 Å². The number of aliphatic carboxylic acids is 1. The Bertz CT molecular complexity index is 621. The molecular weight excluding hydrogens is 286 g/mol. The summed E-state index contributed by atoms with van der Waals surface area (Å²) < 4.78 is 0. The maximum atomic E-state index is 12.7. The molecule has 1 N–H and O–H groups in total. The van der Waals surface area contributed by atoms with Gasteiger partial charge in [-0.2, -0.15) is 0 Å². The number of benzene rings is 1. The van der Waals surface area contributed by atoms with Gasteiger partial charge in [-0.05, 0) is 42.5 Å². The van der Waals surface area contributed by atoms with E-state index in [1.54, 1.807) is 4.90 Å². The molecule has 0 unspecified atom stereocenters. The van der Waals surface area contributed by atoms with Crippen LogP contribution >= 0.6 is 11.3 Å². The van der Waals surface area contributed by atoms with Crippen molar-refractivity contribution in [1.29, 1.82) is 0 Å². The molecular formula is C16H17NO3S. The molecule has 0 aliphatic rings. The molecule has 1 amide bonds. The smallest absolute Gasteiger partial charge is 0.303 e. The van der Waals surface area contributed by atoms with Crippen LogP contribution in [0.15, 0.2) is 41.8 Å². The summed E-state index contributed by atoms with van der Waals surface area (Å²) in [6, 6.07) is 11.3. The Labute approximate surface area is 127 Å². The van der Waals surface area contributed by atoms with E-state index >= 15 is 0 Å². The molecule has 0 aliphatic heterocycles. The number of carboxylic acid groups (broad SMARTS) is 1. The van der Waals surface area contributed by atoms with Gasteiger partial charge in [-0.3, -0.25) is 9.59 Å². The average molecular weight is 303 g/mol. The molecule has 2 rings (SSSR count). The van der Waals surface area contributed by atoms with Crippen LogP contribution in [-0.4, -0.2) is 23.5 Å². The van der Waals surface area contributed by atoms with Gasteiger partial charge < -0.3 is 10.0 Å². The number of anilines is 1. The first-order valence-corrected chi connectivity index (χ1v) is 7.60. The first-order valence-electron chi connectivity index (χ1n) is 6.72. The molecule has 0 atom stereocenters. The molecule has 0 spiro atoms. The number of rotatable bonds is 6. The van der Waals surface area contributed by atoms with E-state index < -0.39 is 5.97 Å². The Morgan fingerprint density at radius 3 is 2.48 bits per heavy atom. The number of carbonyl (C=O) groups excluding carboxylic acids is 1. The van der Waals surface area contributed by atoms with Gasteiger partial charge in [0, 0.05) is 18.7 Å². The highest BCUT2D eigenvalue weighted by Crippen LogP contribution is 2.22.